The van der Waals surface area contributed by atoms with Crippen LogP contribution < -0.4 is 29.6 Å². The number of rotatable bonds is 0. The van der Waals surface area contributed by atoms with E-state index in [2.05, 4.69) is 0 Å². The van der Waals surface area contributed by atoms with E-state index < -0.39 is 0 Å². The van der Waals surface area contributed by atoms with Crippen molar-refractivity contribution in [3.63, 3.8) is 0 Å². The Morgan fingerprint density at radius 3 is 2.00 bits per heavy atom. The Kier molecular flexibility index (Phi) is 3.95. The van der Waals surface area contributed by atoms with Crippen LogP contribution in [-0.4, -0.2) is 5.11 Å². The maximum Gasteiger partial charge on any atom is 1.00 e. The molecule has 1 aromatic rings. The Morgan fingerprint density at radius 1 is 1.22 bits per heavy atom. The molecule has 0 saturated heterocycles. The van der Waals surface area contributed by atoms with Crippen molar-refractivity contribution < 1.29 is 36.1 Å². The summed E-state index contributed by atoms with van der Waals surface area (Å²) in [5.41, 5.74) is 1.17. The second-order valence-corrected chi connectivity index (χ2v) is 1.84. The van der Waals surface area contributed by atoms with Gasteiger partial charge in [0.15, 0.2) is 0 Å². The van der Waals surface area contributed by atoms with Crippen LogP contribution in [-0.2, 0) is 0 Å². The third kappa shape index (κ3) is 2.89. The van der Waals surface area contributed by atoms with Gasteiger partial charge in [0.2, 0.25) is 0 Å². The van der Waals surface area contributed by atoms with Crippen LogP contribution in [0.2, 0.25) is 0 Å². The van der Waals surface area contributed by atoms with Crippen LogP contribution in [0.5, 0.6) is 5.75 Å². The van der Waals surface area contributed by atoms with E-state index >= 15 is 0 Å². The van der Waals surface area contributed by atoms with Crippen molar-refractivity contribution in [2.45, 2.75) is 6.92 Å². The minimum absolute atomic E-state index is 0. The molecule has 9 heavy (non-hydrogen) atoms. The quantitative estimate of drug-likeness (QED) is 0.440. The SMILES string of the molecule is Cc1ccc(O)cc1.[H-].[Na+]. The first-order valence-corrected chi connectivity index (χ1v) is 2.54. The number of hydrogen-bond donors (Lipinski definition) is 1. The van der Waals surface area contributed by atoms with Gasteiger partial charge in [-0.3, -0.25) is 0 Å². The molecule has 0 radical (unpaired) electrons. The molecule has 2 heteroatoms. The zero-order chi connectivity index (χ0) is 5.98. The summed E-state index contributed by atoms with van der Waals surface area (Å²) in [7, 11) is 0. The van der Waals surface area contributed by atoms with E-state index in [9.17, 15) is 0 Å². The van der Waals surface area contributed by atoms with Crippen molar-refractivity contribution in [3.05, 3.63) is 29.8 Å². The molecule has 1 rings (SSSR count). The molecule has 0 unspecified atom stereocenters. The molecule has 0 aliphatic carbocycles. The third-order valence-electron chi connectivity index (χ3n) is 1.03. The number of phenolic OH excluding ortho intramolecular Hbond substituents is 1. The minimum Gasteiger partial charge on any atom is -1.00 e. The molecule has 1 nitrogen and oxygen atoms in total. The van der Waals surface area contributed by atoms with E-state index in [4.69, 9.17) is 5.11 Å². The van der Waals surface area contributed by atoms with E-state index in [1.807, 2.05) is 19.1 Å². The molecule has 0 heterocycles. The first kappa shape index (κ1) is 9.02. The Balaban J connectivity index is 0. The number of aryl methyl sites for hydroxylation is 1. The van der Waals surface area contributed by atoms with E-state index in [0.29, 0.717) is 5.75 Å². The fourth-order valence-electron chi connectivity index (χ4n) is 0.545. The maximum absolute atomic E-state index is 8.76. The first-order valence-electron chi connectivity index (χ1n) is 2.54. The number of phenols is 1. The van der Waals surface area contributed by atoms with Crippen molar-refractivity contribution >= 4 is 0 Å². The normalized spacial score (nSPS) is 8.11. The van der Waals surface area contributed by atoms with E-state index in [0.717, 1.165) is 0 Å². The fourth-order valence-corrected chi connectivity index (χ4v) is 0.545. The van der Waals surface area contributed by atoms with Gasteiger partial charge in [0, 0.05) is 0 Å². The van der Waals surface area contributed by atoms with Gasteiger partial charge < -0.3 is 6.53 Å². The van der Waals surface area contributed by atoms with Crippen LogP contribution in [0.25, 0.3) is 0 Å². The second-order valence-electron chi connectivity index (χ2n) is 1.84. The Labute approximate surface area is 78.5 Å². The zero-order valence-electron chi connectivity index (χ0n) is 6.76. The van der Waals surface area contributed by atoms with E-state index in [1.54, 1.807) is 12.1 Å². The van der Waals surface area contributed by atoms with Crippen LogP contribution in [0.15, 0.2) is 24.3 Å². The smallest absolute Gasteiger partial charge is 1.00 e. The van der Waals surface area contributed by atoms with Gasteiger partial charge in [0.1, 0.15) is 5.75 Å². The molecule has 0 atom stereocenters. The summed E-state index contributed by atoms with van der Waals surface area (Å²) in [4.78, 5) is 0. The number of hydrogen-bond acceptors (Lipinski definition) is 1. The molecule has 0 spiro atoms. The zero-order valence-corrected chi connectivity index (χ0v) is 7.76. The van der Waals surface area contributed by atoms with Gasteiger partial charge in [-0.25, -0.2) is 0 Å². The average molecular weight is 132 g/mol. The monoisotopic (exact) mass is 132 g/mol. The average Bonchev–Trinajstić information content (AvgIpc) is 1.77. The summed E-state index contributed by atoms with van der Waals surface area (Å²) in [6.45, 7) is 1.99. The van der Waals surface area contributed by atoms with E-state index in [1.165, 1.54) is 5.56 Å². The molecule has 44 valence electrons. The largest absolute Gasteiger partial charge is 1.00 e. The van der Waals surface area contributed by atoms with Crippen molar-refractivity contribution in [2.75, 3.05) is 0 Å². The Bertz CT molecular complexity index is 152. The van der Waals surface area contributed by atoms with Gasteiger partial charge in [-0.1, -0.05) is 17.7 Å². The molecule has 1 aromatic carbocycles. The number of benzene rings is 1. The molecule has 0 saturated carbocycles. The van der Waals surface area contributed by atoms with Crippen LogP contribution in [0.3, 0.4) is 0 Å². The van der Waals surface area contributed by atoms with Gasteiger partial charge in [0.25, 0.3) is 0 Å². The molecular weight excluding hydrogens is 123 g/mol. The minimum atomic E-state index is 0. The predicted octanol–water partition coefficient (Wildman–Crippen LogP) is -1.18. The second kappa shape index (κ2) is 3.94. The summed E-state index contributed by atoms with van der Waals surface area (Å²) in [6.07, 6.45) is 0. The Morgan fingerprint density at radius 2 is 1.67 bits per heavy atom. The van der Waals surface area contributed by atoms with Crippen LogP contribution in [0, 0.1) is 6.92 Å². The summed E-state index contributed by atoms with van der Waals surface area (Å²) >= 11 is 0. The van der Waals surface area contributed by atoms with E-state index in [-0.39, 0.29) is 31.0 Å². The summed E-state index contributed by atoms with van der Waals surface area (Å²) in [5, 5.41) is 8.76. The van der Waals surface area contributed by atoms with Crippen molar-refractivity contribution in [1.82, 2.24) is 0 Å². The molecule has 0 aliphatic heterocycles. The standard InChI is InChI=1S/C7H8O.Na.H/c1-6-2-4-7(8)5-3-6;;/h2-5,8H,1H3;;/q;+1;-1. The van der Waals surface area contributed by atoms with Gasteiger partial charge in [-0.15, -0.1) is 0 Å². The fraction of sp³-hybridized carbons (Fsp3) is 0.143. The number of aromatic hydroxyl groups is 1. The van der Waals surface area contributed by atoms with Gasteiger partial charge in [-0.2, -0.15) is 0 Å². The van der Waals surface area contributed by atoms with Gasteiger partial charge >= 0.3 is 29.6 Å². The summed E-state index contributed by atoms with van der Waals surface area (Å²) in [6, 6.07) is 7.09. The molecule has 0 fully saturated rings. The van der Waals surface area contributed by atoms with Crippen molar-refractivity contribution in [3.8, 4) is 5.75 Å². The molecule has 1 N–H and O–H groups in total. The third-order valence-corrected chi connectivity index (χ3v) is 1.03. The molecule has 0 bridgehead atoms. The van der Waals surface area contributed by atoms with Crippen LogP contribution in [0.4, 0.5) is 0 Å². The first-order chi connectivity index (χ1) is 3.79. The van der Waals surface area contributed by atoms with Gasteiger partial charge in [0.05, 0.1) is 0 Å². The topological polar surface area (TPSA) is 20.2 Å². The molecule has 0 amide bonds. The molecule has 0 aliphatic rings. The van der Waals surface area contributed by atoms with Gasteiger partial charge in [-0.05, 0) is 19.1 Å². The van der Waals surface area contributed by atoms with Crippen LogP contribution >= 0.6 is 0 Å². The van der Waals surface area contributed by atoms with Crippen molar-refractivity contribution in [1.29, 1.82) is 0 Å². The molecule has 0 aromatic heterocycles. The van der Waals surface area contributed by atoms with Crippen LogP contribution in [0.1, 0.15) is 6.99 Å². The summed E-state index contributed by atoms with van der Waals surface area (Å²) < 4.78 is 0. The molecular formula is C7H9NaO. The van der Waals surface area contributed by atoms with Crippen molar-refractivity contribution in [2.24, 2.45) is 0 Å². The predicted molar refractivity (Wildman–Crippen MR) is 34.0 cm³/mol. The summed E-state index contributed by atoms with van der Waals surface area (Å²) in [5.74, 6) is 0.329. The maximum atomic E-state index is 8.76. The Hall–Kier alpha value is 0.0200.